The van der Waals surface area contributed by atoms with Crippen molar-refractivity contribution >= 4 is 22.7 Å². The number of nitrogens with zero attached hydrogens (tertiary/aromatic N) is 3. The number of para-hydroxylation sites is 2. The minimum absolute atomic E-state index is 0.0292. The number of ether oxygens (including phenoxy) is 1. The molecule has 5 rings (SSSR count). The molecule has 3 heterocycles. The van der Waals surface area contributed by atoms with Gasteiger partial charge in [0.2, 0.25) is 5.88 Å². The molecule has 1 aliphatic heterocycles. The van der Waals surface area contributed by atoms with Gasteiger partial charge in [-0.3, -0.25) is 19.2 Å². The van der Waals surface area contributed by atoms with Crippen LogP contribution in [0.5, 0.6) is 5.88 Å². The van der Waals surface area contributed by atoms with Gasteiger partial charge in [-0.15, -0.1) is 0 Å². The standard InChI is InChI=1S/C29H31N3O2S/c1-19(2)31(20(3)4)15-16-34-29-23(17-21-9-8-14-30-18-21)28(33)22-10-7-13-26-27(22)32(29)24-11-5-6-12-25(24)35-26/h5-14,18-20H,15-17H2,1-4H3. The number of rotatable bonds is 8. The molecule has 180 valence electrons. The molecular weight excluding hydrogens is 454 g/mol. The number of aromatic nitrogens is 2. The highest BCUT2D eigenvalue weighted by Gasteiger charge is 2.27. The molecule has 0 unspecified atom stereocenters. The number of benzene rings is 2. The van der Waals surface area contributed by atoms with Gasteiger partial charge in [0.15, 0.2) is 5.43 Å². The van der Waals surface area contributed by atoms with E-state index < -0.39 is 0 Å². The molecule has 0 radical (unpaired) electrons. The van der Waals surface area contributed by atoms with Crippen molar-refractivity contribution in [3.05, 3.63) is 88.3 Å². The SMILES string of the molecule is CC(C)N(CCOc1c(Cc2cccnc2)c(=O)c2cccc3c2n1-c1ccccc1S3)C(C)C. The van der Waals surface area contributed by atoms with Crippen LogP contribution in [0.15, 0.2) is 81.6 Å². The van der Waals surface area contributed by atoms with Crippen LogP contribution in [0, 0.1) is 0 Å². The Kier molecular flexibility index (Phi) is 6.67. The van der Waals surface area contributed by atoms with Crippen molar-refractivity contribution in [2.24, 2.45) is 0 Å². The summed E-state index contributed by atoms with van der Waals surface area (Å²) in [6.07, 6.45) is 4.04. The largest absolute Gasteiger partial charge is 0.477 e. The van der Waals surface area contributed by atoms with Crippen molar-refractivity contribution in [3.8, 4) is 11.6 Å². The van der Waals surface area contributed by atoms with Crippen molar-refractivity contribution in [1.29, 1.82) is 0 Å². The van der Waals surface area contributed by atoms with Crippen LogP contribution in [-0.2, 0) is 6.42 Å². The second kappa shape index (κ2) is 9.88. The van der Waals surface area contributed by atoms with E-state index in [0.717, 1.165) is 38.5 Å². The molecule has 0 atom stereocenters. The summed E-state index contributed by atoms with van der Waals surface area (Å²) >= 11 is 1.71. The lowest BCUT2D eigenvalue weighted by molar-refractivity contribution is 0.139. The highest BCUT2D eigenvalue weighted by Crippen LogP contribution is 2.44. The average molecular weight is 486 g/mol. The van der Waals surface area contributed by atoms with Crippen LogP contribution in [-0.4, -0.2) is 39.7 Å². The second-order valence-corrected chi connectivity index (χ2v) is 10.6. The first-order valence-electron chi connectivity index (χ1n) is 12.2. The molecule has 0 N–H and O–H groups in total. The van der Waals surface area contributed by atoms with Gasteiger partial charge in [0, 0.05) is 52.6 Å². The second-order valence-electron chi connectivity index (χ2n) is 9.48. The molecule has 5 nitrogen and oxygen atoms in total. The molecule has 0 saturated carbocycles. The van der Waals surface area contributed by atoms with Gasteiger partial charge in [-0.1, -0.05) is 36.0 Å². The van der Waals surface area contributed by atoms with E-state index in [1.807, 2.05) is 36.5 Å². The van der Waals surface area contributed by atoms with Crippen LogP contribution >= 0.6 is 11.8 Å². The molecule has 1 aliphatic rings. The van der Waals surface area contributed by atoms with Crippen molar-refractivity contribution in [2.45, 2.75) is 56.0 Å². The van der Waals surface area contributed by atoms with Crippen molar-refractivity contribution in [2.75, 3.05) is 13.2 Å². The Bertz CT molecular complexity index is 1410. The van der Waals surface area contributed by atoms with E-state index in [0.29, 0.717) is 36.6 Å². The van der Waals surface area contributed by atoms with Crippen LogP contribution < -0.4 is 10.2 Å². The van der Waals surface area contributed by atoms with Gasteiger partial charge in [0.1, 0.15) is 6.61 Å². The molecule has 2 aromatic heterocycles. The predicted octanol–water partition coefficient (Wildman–Crippen LogP) is 5.94. The van der Waals surface area contributed by atoms with Crippen LogP contribution in [0.2, 0.25) is 0 Å². The Morgan fingerprint density at radius 3 is 2.49 bits per heavy atom. The maximum absolute atomic E-state index is 13.9. The summed E-state index contributed by atoms with van der Waals surface area (Å²) < 4.78 is 8.75. The highest BCUT2D eigenvalue weighted by molar-refractivity contribution is 7.99. The van der Waals surface area contributed by atoms with Gasteiger partial charge in [-0.25, -0.2) is 0 Å². The Morgan fingerprint density at radius 2 is 1.74 bits per heavy atom. The first-order chi connectivity index (χ1) is 17.0. The topological polar surface area (TPSA) is 47.4 Å². The van der Waals surface area contributed by atoms with Gasteiger partial charge in [0.25, 0.3) is 0 Å². The average Bonchev–Trinajstić information content (AvgIpc) is 2.85. The molecule has 4 aromatic rings. The van der Waals surface area contributed by atoms with Crippen LogP contribution in [0.3, 0.4) is 0 Å². The summed E-state index contributed by atoms with van der Waals surface area (Å²) in [5, 5.41) is 0.724. The Hall–Kier alpha value is -3.09. The summed E-state index contributed by atoms with van der Waals surface area (Å²) in [5.74, 6) is 0.638. The van der Waals surface area contributed by atoms with Gasteiger partial charge in [0.05, 0.1) is 16.8 Å². The lowest BCUT2D eigenvalue weighted by atomic mass is 10.0. The third-order valence-corrected chi connectivity index (χ3v) is 7.66. The van der Waals surface area contributed by atoms with E-state index >= 15 is 0 Å². The van der Waals surface area contributed by atoms with E-state index in [4.69, 9.17) is 4.74 Å². The van der Waals surface area contributed by atoms with Crippen molar-refractivity contribution in [1.82, 2.24) is 14.5 Å². The maximum atomic E-state index is 13.9. The summed E-state index contributed by atoms with van der Waals surface area (Å²) in [5.41, 5.74) is 3.66. The van der Waals surface area contributed by atoms with E-state index in [9.17, 15) is 4.79 Å². The van der Waals surface area contributed by atoms with E-state index in [-0.39, 0.29) is 5.43 Å². The smallest absolute Gasteiger partial charge is 0.206 e. The first-order valence-corrected chi connectivity index (χ1v) is 13.0. The zero-order valence-electron chi connectivity index (χ0n) is 20.7. The molecule has 35 heavy (non-hydrogen) atoms. The Morgan fingerprint density at radius 1 is 0.971 bits per heavy atom. The summed E-state index contributed by atoms with van der Waals surface area (Å²) in [4.78, 5) is 22.8. The molecular formula is C29H31N3O2S. The molecule has 6 heteroatoms. The number of hydrogen-bond donors (Lipinski definition) is 0. The van der Waals surface area contributed by atoms with Gasteiger partial charge < -0.3 is 4.74 Å². The van der Waals surface area contributed by atoms with Crippen LogP contribution in [0.25, 0.3) is 16.6 Å². The third-order valence-electron chi connectivity index (χ3n) is 6.55. The van der Waals surface area contributed by atoms with Crippen LogP contribution in [0.1, 0.15) is 38.8 Å². The molecule has 0 saturated heterocycles. The minimum atomic E-state index is 0.0292. The van der Waals surface area contributed by atoms with Gasteiger partial charge >= 0.3 is 0 Å². The molecule has 2 aromatic carbocycles. The predicted molar refractivity (Wildman–Crippen MR) is 143 cm³/mol. The molecule has 0 spiro atoms. The molecule has 0 bridgehead atoms. The van der Waals surface area contributed by atoms with Gasteiger partial charge in [-0.2, -0.15) is 0 Å². The van der Waals surface area contributed by atoms with Crippen molar-refractivity contribution in [3.63, 3.8) is 0 Å². The lowest BCUT2D eigenvalue weighted by Gasteiger charge is -2.31. The Balaban J connectivity index is 1.69. The normalized spacial score (nSPS) is 12.5. The number of hydrogen-bond acceptors (Lipinski definition) is 5. The van der Waals surface area contributed by atoms with E-state index in [1.54, 1.807) is 18.0 Å². The third kappa shape index (κ3) is 4.48. The minimum Gasteiger partial charge on any atom is -0.477 e. The monoisotopic (exact) mass is 485 g/mol. The summed E-state index contributed by atoms with van der Waals surface area (Å²) in [6.45, 7) is 10.1. The molecule has 0 fully saturated rings. The number of fused-ring (bicyclic) bond motifs is 2. The fourth-order valence-electron chi connectivity index (χ4n) is 4.97. The fraction of sp³-hybridized carbons (Fsp3) is 0.310. The zero-order chi connectivity index (χ0) is 24.5. The summed E-state index contributed by atoms with van der Waals surface area (Å²) in [7, 11) is 0. The quantitative estimate of drug-likeness (QED) is 0.272. The number of pyridine rings is 2. The van der Waals surface area contributed by atoms with E-state index in [1.165, 1.54) is 0 Å². The highest BCUT2D eigenvalue weighted by atomic mass is 32.2. The van der Waals surface area contributed by atoms with E-state index in [2.05, 4.69) is 66.4 Å². The fourth-order valence-corrected chi connectivity index (χ4v) is 6.06. The van der Waals surface area contributed by atoms with Crippen molar-refractivity contribution < 1.29 is 4.74 Å². The maximum Gasteiger partial charge on any atom is 0.206 e. The zero-order valence-corrected chi connectivity index (χ0v) is 21.5. The van der Waals surface area contributed by atoms with Crippen LogP contribution in [0.4, 0.5) is 0 Å². The lowest BCUT2D eigenvalue weighted by Crippen LogP contribution is -2.40. The molecule has 0 aliphatic carbocycles. The van der Waals surface area contributed by atoms with Gasteiger partial charge in [-0.05, 0) is 63.6 Å². The first kappa shape index (κ1) is 23.6. The Labute approximate surface area is 210 Å². The molecule has 0 amide bonds. The summed E-state index contributed by atoms with van der Waals surface area (Å²) in [6, 6.07) is 19.1.